The Kier molecular flexibility index (Phi) is 4.84. The van der Waals surface area contributed by atoms with Crippen LogP contribution in [0, 0.1) is 5.92 Å². The maximum absolute atomic E-state index is 3.64. The van der Waals surface area contributed by atoms with Gasteiger partial charge in [0.25, 0.3) is 0 Å². The van der Waals surface area contributed by atoms with Crippen molar-refractivity contribution in [3.05, 3.63) is 0 Å². The van der Waals surface area contributed by atoms with Gasteiger partial charge in [0.2, 0.25) is 0 Å². The summed E-state index contributed by atoms with van der Waals surface area (Å²) in [5.41, 5.74) is 0.295. The highest BCUT2D eigenvalue weighted by molar-refractivity contribution is 4.81. The van der Waals surface area contributed by atoms with Crippen LogP contribution in [0.1, 0.15) is 54.4 Å². The molecule has 0 fully saturated rings. The zero-order valence-electron chi connectivity index (χ0n) is 9.57. The molecule has 1 atom stereocenters. The van der Waals surface area contributed by atoms with Crippen molar-refractivity contribution >= 4 is 0 Å². The molecular weight excluding hydrogens is 146 g/mol. The molecule has 0 radical (unpaired) electrons. The summed E-state index contributed by atoms with van der Waals surface area (Å²) in [6.07, 6.45) is 2.46. The molecule has 0 bridgehead atoms. The van der Waals surface area contributed by atoms with E-state index in [0.717, 1.165) is 5.92 Å². The minimum Gasteiger partial charge on any atom is -0.309 e. The normalized spacial score (nSPS) is 15.2. The maximum Gasteiger partial charge on any atom is 0.0130 e. The third kappa shape index (κ3) is 5.59. The molecule has 0 aromatic carbocycles. The van der Waals surface area contributed by atoms with E-state index in [1.807, 2.05) is 0 Å². The first-order chi connectivity index (χ1) is 5.37. The fourth-order valence-electron chi connectivity index (χ4n) is 1.85. The molecule has 1 N–H and O–H groups in total. The second kappa shape index (κ2) is 4.86. The molecule has 0 saturated carbocycles. The first-order valence-corrected chi connectivity index (χ1v) is 5.15. The summed E-state index contributed by atoms with van der Waals surface area (Å²) in [6, 6.07) is 0.638. The standard InChI is InChI=1S/C11H25N/c1-7-10(4)12-11(5,6)8-9(2)3/h9-10,12H,7-8H2,1-6H3. The van der Waals surface area contributed by atoms with Gasteiger partial charge in [-0.3, -0.25) is 0 Å². The molecule has 0 spiro atoms. The Balaban J connectivity index is 3.85. The van der Waals surface area contributed by atoms with E-state index in [1.165, 1.54) is 12.8 Å². The van der Waals surface area contributed by atoms with Crippen LogP contribution in [0.25, 0.3) is 0 Å². The largest absolute Gasteiger partial charge is 0.309 e. The molecule has 0 rings (SSSR count). The Morgan fingerprint density at radius 3 is 2.00 bits per heavy atom. The minimum atomic E-state index is 0.295. The minimum absolute atomic E-state index is 0.295. The second-order valence-electron chi connectivity index (χ2n) is 4.94. The molecule has 0 amide bonds. The number of rotatable bonds is 5. The Morgan fingerprint density at radius 2 is 1.67 bits per heavy atom. The average molecular weight is 171 g/mol. The molecule has 0 heterocycles. The molecule has 0 saturated heterocycles. The molecule has 1 nitrogen and oxygen atoms in total. The van der Waals surface area contributed by atoms with Crippen molar-refractivity contribution in [3.63, 3.8) is 0 Å². The van der Waals surface area contributed by atoms with Crippen LogP contribution in [0.5, 0.6) is 0 Å². The Labute approximate surface area is 77.9 Å². The topological polar surface area (TPSA) is 12.0 Å². The number of nitrogens with one attached hydrogen (secondary N) is 1. The Bertz CT molecular complexity index is 116. The Morgan fingerprint density at radius 1 is 1.17 bits per heavy atom. The summed E-state index contributed by atoms with van der Waals surface area (Å²) < 4.78 is 0. The van der Waals surface area contributed by atoms with E-state index in [0.29, 0.717) is 11.6 Å². The lowest BCUT2D eigenvalue weighted by atomic mass is 9.92. The molecule has 0 aromatic rings. The first-order valence-electron chi connectivity index (χ1n) is 5.15. The predicted octanol–water partition coefficient (Wildman–Crippen LogP) is 3.20. The summed E-state index contributed by atoms with van der Waals surface area (Å²) >= 11 is 0. The molecule has 1 heteroatoms. The van der Waals surface area contributed by atoms with Gasteiger partial charge in [-0.15, -0.1) is 0 Å². The van der Waals surface area contributed by atoms with Crippen LogP contribution in [-0.2, 0) is 0 Å². The van der Waals surface area contributed by atoms with Crippen LogP contribution < -0.4 is 5.32 Å². The van der Waals surface area contributed by atoms with Gasteiger partial charge in [0, 0.05) is 11.6 Å². The van der Waals surface area contributed by atoms with Crippen molar-refractivity contribution in [2.75, 3.05) is 0 Å². The van der Waals surface area contributed by atoms with Gasteiger partial charge in [0.1, 0.15) is 0 Å². The molecule has 0 aliphatic heterocycles. The number of hydrogen-bond acceptors (Lipinski definition) is 1. The summed E-state index contributed by atoms with van der Waals surface area (Å²) in [5.74, 6) is 0.775. The van der Waals surface area contributed by atoms with Crippen LogP contribution in [-0.4, -0.2) is 11.6 Å². The van der Waals surface area contributed by atoms with Crippen molar-refractivity contribution in [1.82, 2.24) is 5.32 Å². The van der Waals surface area contributed by atoms with E-state index in [1.54, 1.807) is 0 Å². The van der Waals surface area contributed by atoms with E-state index in [2.05, 4.69) is 46.9 Å². The third-order valence-electron chi connectivity index (χ3n) is 2.17. The molecule has 1 unspecified atom stereocenters. The zero-order chi connectivity index (χ0) is 9.78. The number of hydrogen-bond donors (Lipinski definition) is 1. The lowest BCUT2D eigenvalue weighted by Gasteiger charge is -2.31. The molecule has 12 heavy (non-hydrogen) atoms. The quantitative estimate of drug-likeness (QED) is 0.670. The SMILES string of the molecule is CCC(C)NC(C)(C)CC(C)C. The van der Waals surface area contributed by atoms with Crippen molar-refractivity contribution in [1.29, 1.82) is 0 Å². The van der Waals surface area contributed by atoms with Gasteiger partial charge in [-0.1, -0.05) is 20.8 Å². The fourth-order valence-corrected chi connectivity index (χ4v) is 1.85. The van der Waals surface area contributed by atoms with Crippen molar-refractivity contribution in [3.8, 4) is 0 Å². The predicted molar refractivity (Wildman–Crippen MR) is 56.4 cm³/mol. The zero-order valence-corrected chi connectivity index (χ0v) is 9.57. The van der Waals surface area contributed by atoms with Crippen LogP contribution in [0.3, 0.4) is 0 Å². The highest BCUT2D eigenvalue weighted by Gasteiger charge is 2.20. The van der Waals surface area contributed by atoms with Crippen LogP contribution in [0.2, 0.25) is 0 Å². The molecular formula is C11H25N. The fraction of sp³-hybridized carbons (Fsp3) is 1.00. The van der Waals surface area contributed by atoms with Crippen LogP contribution >= 0.6 is 0 Å². The van der Waals surface area contributed by atoms with Gasteiger partial charge in [-0.25, -0.2) is 0 Å². The third-order valence-corrected chi connectivity index (χ3v) is 2.17. The molecule has 74 valence electrons. The van der Waals surface area contributed by atoms with E-state index < -0.39 is 0 Å². The maximum atomic E-state index is 3.64. The van der Waals surface area contributed by atoms with Gasteiger partial charge < -0.3 is 5.32 Å². The highest BCUT2D eigenvalue weighted by atomic mass is 15.0. The van der Waals surface area contributed by atoms with Crippen molar-refractivity contribution in [2.24, 2.45) is 5.92 Å². The van der Waals surface area contributed by atoms with Gasteiger partial charge in [-0.05, 0) is 39.5 Å². The van der Waals surface area contributed by atoms with E-state index in [-0.39, 0.29) is 0 Å². The highest BCUT2D eigenvalue weighted by Crippen LogP contribution is 2.16. The summed E-state index contributed by atoms with van der Waals surface area (Å²) in [7, 11) is 0. The second-order valence-corrected chi connectivity index (χ2v) is 4.94. The van der Waals surface area contributed by atoms with Gasteiger partial charge in [0.05, 0.1) is 0 Å². The molecule has 0 aliphatic carbocycles. The van der Waals surface area contributed by atoms with Gasteiger partial charge >= 0.3 is 0 Å². The lowest BCUT2D eigenvalue weighted by Crippen LogP contribution is -2.45. The van der Waals surface area contributed by atoms with Crippen LogP contribution in [0.15, 0.2) is 0 Å². The van der Waals surface area contributed by atoms with E-state index in [9.17, 15) is 0 Å². The van der Waals surface area contributed by atoms with Crippen LogP contribution in [0.4, 0.5) is 0 Å². The Hall–Kier alpha value is -0.0400. The summed E-state index contributed by atoms with van der Waals surface area (Å²) in [5, 5.41) is 3.64. The van der Waals surface area contributed by atoms with Crippen molar-refractivity contribution < 1.29 is 0 Å². The summed E-state index contributed by atoms with van der Waals surface area (Å²) in [4.78, 5) is 0. The van der Waals surface area contributed by atoms with Gasteiger partial charge in [0.15, 0.2) is 0 Å². The molecule has 0 aliphatic rings. The van der Waals surface area contributed by atoms with E-state index in [4.69, 9.17) is 0 Å². The first kappa shape index (κ1) is 12.0. The monoisotopic (exact) mass is 171 g/mol. The van der Waals surface area contributed by atoms with Crippen molar-refractivity contribution in [2.45, 2.75) is 66.0 Å². The van der Waals surface area contributed by atoms with E-state index >= 15 is 0 Å². The molecule has 0 aromatic heterocycles. The smallest absolute Gasteiger partial charge is 0.0130 e. The lowest BCUT2D eigenvalue weighted by molar-refractivity contribution is 0.286. The average Bonchev–Trinajstić information content (AvgIpc) is 1.83. The van der Waals surface area contributed by atoms with Gasteiger partial charge in [-0.2, -0.15) is 0 Å². The summed E-state index contributed by atoms with van der Waals surface area (Å²) in [6.45, 7) is 13.6.